The first-order chi connectivity index (χ1) is 10.3. The Morgan fingerprint density at radius 2 is 2.09 bits per heavy atom. The molecule has 1 N–H and O–H groups in total. The van der Waals surface area contributed by atoms with Crippen LogP contribution < -0.4 is 9.46 Å². The van der Waals surface area contributed by atoms with Crippen molar-refractivity contribution < 1.29 is 13.2 Å². The van der Waals surface area contributed by atoms with Gasteiger partial charge in [-0.05, 0) is 31.5 Å². The molecule has 2 aromatic rings. The minimum absolute atomic E-state index is 0.0179. The molecule has 0 unspecified atom stereocenters. The third-order valence-corrected chi connectivity index (χ3v) is 5.84. The van der Waals surface area contributed by atoms with E-state index < -0.39 is 10.0 Å². The molecule has 1 aromatic carbocycles. The summed E-state index contributed by atoms with van der Waals surface area (Å²) >= 11 is 1.58. The van der Waals surface area contributed by atoms with Gasteiger partial charge in [-0.15, -0.1) is 11.3 Å². The number of ether oxygens (including phenoxy) is 1. The quantitative estimate of drug-likeness (QED) is 0.878. The van der Waals surface area contributed by atoms with Gasteiger partial charge >= 0.3 is 0 Å². The zero-order valence-corrected chi connectivity index (χ0v) is 14.7. The second kappa shape index (κ2) is 6.76. The number of thiazole rings is 1. The van der Waals surface area contributed by atoms with E-state index in [-0.39, 0.29) is 10.8 Å². The highest BCUT2D eigenvalue weighted by Gasteiger charge is 2.21. The summed E-state index contributed by atoms with van der Waals surface area (Å²) in [5.41, 5.74) is 0.866. The van der Waals surface area contributed by atoms with Gasteiger partial charge in [0.25, 0.3) is 0 Å². The van der Waals surface area contributed by atoms with Gasteiger partial charge < -0.3 is 4.74 Å². The fourth-order valence-corrected chi connectivity index (χ4v) is 4.20. The van der Waals surface area contributed by atoms with Gasteiger partial charge in [-0.25, -0.2) is 18.1 Å². The smallest absolute Gasteiger partial charge is 0.244 e. The van der Waals surface area contributed by atoms with Crippen molar-refractivity contribution in [1.82, 2.24) is 9.71 Å². The standard InChI is InChI=1S/C15H20N2O3S2/c1-10-5-6-13(20-4)14(7-10)22(18,19)17-8-11(2)15-16-9-12(3)21-15/h5-7,9,11,17H,8H2,1-4H3/t11-/m1/s1. The van der Waals surface area contributed by atoms with Crippen molar-refractivity contribution in [3.63, 3.8) is 0 Å². The molecule has 22 heavy (non-hydrogen) atoms. The summed E-state index contributed by atoms with van der Waals surface area (Å²) < 4.78 is 32.8. The monoisotopic (exact) mass is 340 g/mol. The van der Waals surface area contributed by atoms with Crippen LogP contribution in [0.3, 0.4) is 0 Å². The lowest BCUT2D eigenvalue weighted by Gasteiger charge is -2.13. The molecule has 0 bridgehead atoms. The van der Waals surface area contributed by atoms with E-state index in [0.29, 0.717) is 12.3 Å². The van der Waals surface area contributed by atoms with Crippen LogP contribution in [0.1, 0.15) is 28.3 Å². The van der Waals surface area contributed by atoms with E-state index in [1.807, 2.05) is 26.8 Å². The molecule has 0 radical (unpaired) electrons. The Morgan fingerprint density at radius 3 is 2.68 bits per heavy atom. The van der Waals surface area contributed by atoms with Crippen molar-refractivity contribution in [2.45, 2.75) is 31.6 Å². The first-order valence-electron chi connectivity index (χ1n) is 6.90. The highest BCUT2D eigenvalue weighted by Crippen LogP contribution is 2.25. The number of aromatic nitrogens is 1. The van der Waals surface area contributed by atoms with E-state index in [1.165, 1.54) is 7.11 Å². The summed E-state index contributed by atoms with van der Waals surface area (Å²) in [7, 11) is -2.16. The molecule has 1 atom stereocenters. The van der Waals surface area contributed by atoms with Crippen LogP contribution >= 0.6 is 11.3 Å². The largest absolute Gasteiger partial charge is 0.495 e. The lowest BCUT2D eigenvalue weighted by molar-refractivity contribution is 0.402. The van der Waals surface area contributed by atoms with Crippen molar-refractivity contribution in [3.05, 3.63) is 39.8 Å². The molecule has 2 rings (SSSR count). The van der Waals surface area contributed by atoms with Crippen LogP contribution in [-0.2, 0) is 10.0 Å². The van der Waals surface area contributed by atoms with Crippen molar-refractivity contribution in [1.29, 1.82) is 0 Å². The Bertz CT molecular complexity index is 754. The lowest BCUT2D eigenvalue weighted by Crippen LogP contribution is -2.28. The number of benzene rings is 1. The van der Waals surface area contributed by atoms with E-state index in [0.717, 1.165) is 15.4 Å². The molecule has 5 nitrogen and oxygen atoms in total. The number of nitrogens with one attached hydrogen (secondary N) is 1. The number of aryl methyl sites for hydroxylation is 2. The van der Waals surface area contributed by atoms with Gasteiger partial charge in [0.1, 0.15) is 10.6 Å². The molecule has 7 heteroatoms. The topological polar surface area (TPSA) is 68.3 Å². The molecule has 0 saturated carbocycles. The van der Waals surface area contributed by atoms with Crippen molar-refractivity contribution in [2.75, 3.05) is 13.7 Å². The Balaban J connectivity index is 2.16. The third kappa shape index (κ3) is 3.85. The molecule has 0 aliphatic rings. The first kappa shape index (κ1) is 16.9. The zero-order chi connectivity index (χ0) is 16.3. The molecule has 0 fully saturated rings. The fourth-order valence-electron chi connectivity index (χ4n) is 1.99. The van der Waals surface area contributed by atoms with E-state index >= 15 is 0 Å². The van der Waals surface area contributed by atoms with E-state index in [1.54, 1.807) is 29.7 Å². The predicted molar refractivity (Wildman–Crippen MR) is 88.2 cm³/mol. The summed E-state index contributed by atoms with van der Waals surface area (Å²) in [4.78, 5) is 5.58. The minimum atomic E-state index is -3.62. The number of methoxy groups -OCH3 is 1. The second-order valence-electron chi connectivity index (χ2n) is 5.22. The van der Waals surface area contributed by atoms with Crippen LogP contribution in [0.5, 0.6) is 5.75 Å². The van der Waals surface area contributed by atoms with Crippen LogP contribution in [0.15, 0.2) is 29.3 Å². The van der Waals surface area contributed by atoms with Crippen LogP contribution in [0.2, 0.25) is 0 Å². The lowest BCUT2D eigenvalue weighted by atomic mass is 10.2. The summed E-state index contributed by atoms with van der Waals surface area (Å²) in [6.45, 7) is 6.08. The van der Waals surface area contributed by atoms with Crippen LogP contribution in [0.4, 0.5) is 0 Å². The van der Waals surface area contributed by atoms with Crippen LogP contribution in [0.25, 0.3) is 0 Å². The third-order valence-electron chi connectivity index (χ3n) is 3.25. The Kier molecular flexibility index (Phi) is 5.20. The maximum Gasteiger partial charge on any atom is 0.244 e. The van der Waals surface area contributed by atoms with Crippen LogP contribution in [0, 0.1) is 13.8 Å². The summed E-state index contributed by atoms with van der Waals surface area (Å²) in [6.07, 6.45) is 1.80. The normalized spacial score (nSPS) is 13.1. The molecule has 0 saturated heterocycles. The highest BCUT2D eigenvalue weighted by atomic mass is 32.2. The van der Waals surface area contributed by atoms with Gasteiger partial charge in [0.15, 0.2) is 0 Å². The average Bonchev–Trinajstić information content (AvgIpc) is 2.91. The Morgan fingerprint density at radius 1 is 1.36 bits per heavy atom. The van der Waals surface area contributed by atoms with E-state index in [9.17, 15) is 8.42 Å². The van der Waals surface area contributed by atoms with Gasteiger partial charge in [-0.2, -0.15) is 0 Å². The first-order valence-corrected chi connectivity index (χ1v) is 9.20. The van der Waals surface area contributed by atoms with Crippen molar-refractivity contribution in [2.24, 2.45) is 0 Å². The molecule has 0 aliphatic carbocycles. The fraction of sp³-hybridized carbons (Fsp3) is 0.400. The molecule has 0 spiro atoms. The van der Waals surface area contributed by atoms with E-state index in [4.69, 9.17) is 4.74 Å². The number of rotatable bonds is 6. The van der Waals surface area contributed by atoms with E-state index in [2.05, 4.69) is 9.71 Å². The predicted octanol–water partition coefficient (Wildman–Crippen LogP) is 2.85. The summed E-state index contributed by atoms with van der Waals surface area (Å²) in [6, 6.07) is 5.09. The highest BCUT2D eigenvalue weighted by molar-refractivity contribution is 7.89. The SMILES string of the molecule is COc1ccc(C)cc1S(=O)(=O)NC[C@@H](C)c1ncc(C)s1. The maximum absolute atomic E-state index is 12.5. The van der Waals surface area contributed by atoms with Gasteiger partial charge in [-0.3, -0.25) is 0 Å². The number of hydrogen-bond donors (Lipinski definition) is 1. The van der Waals surface area contributed by atoms with Crippen molar-refractivity contribution >= 4 is 21.4 Å². The molecule has 1 heterocycles. The molecule has 0 amide bonds. The average molecular weight is 340 g/mol. The van der Waals surface area contributed by atoms with Crippen LogP contribution in [-0.4, -0.2) is 27.1 Å². The molecule has 1 aromatic heterocycles. The second-order valence-corrected chi connectivity index (χ2v) is 8.22. The zero-order valence-electron chi connectivity index (χ0n) is 13.1. The minimum Gasteiger partial charge on any atom is -0.495 e. The number of sulfonamides is 1. The van der Waals surface area contributed by atoms with Gasteiger partial charge in [0.2, 0.25) is 10.0 Å². The molecular weight excluding hydrogens is 320 g/mol. The number of nitrogens with zero attached hydrogens (tertiary/aromatic N) is 1. The van der Waals surface area contributed by atoms with Gasteiger partial charge in [0, 0.05) is 23.5 Å². The van der Waals surface area contributed by atoms with Gasteiger partial charge in [-0.1, -0.05) is 13.0 Å². The summed E-state index contributed by atoms with van der Waals surface area (Å²) in [5.74, 6) is 0.361. The number of hydrogen-bond acceptors (Lipinski definition) is 5. The Hall–Kier alpha value is -1.44. The molecular formula is C15H20N2O3S2. The summed E-state index contributed by atoms with van der Waals surface area (Å²) in [5, 5.41) is 0.927. The molecule has 120 valence electrons. The Labute approximate surface area is 135 Å². The van der Waals surface area contributed by atoms with Gasteiger partial charge in [0.05, 0.1) is 12.1 Å². The maximum atomic E-state index is 12.5. The molecule has 0 aliphatic heterocycles. The van der Waals surface area contributed by atoms with Crippen molar-refractivity contribution in [3.8, 4) is 5.75 Å².